The van der Waals surface area contributed by atoms with Crippen LogP contribution in [0.5, 0.6) is 17.2 Å². The third-order valence-corrected chi connectivity index (χ3v) is 5.02. The molecule has 9 nitrogen and oxygen atoms in total. The summed E-state index contributed by atoms with van der Waals surface area (Å²) in [6.45, 7) is 3.43. The largest absolute Gasteiger partial charge is 0.493 e. The molecule has 0 saturated carbocycles. The predicted octanol–water partition coefficient (Wildman–Crippen LogP) is 2.82. The van der Waals surface area contributed by atoms with Crippen LogP contribution in [-0.4, -0.2) is 47.8 Å². The molecule has 0 aliphatic heterocycles. The van der Waals surface area contributed by atoms with Gasteiger partial charge >= 0.3 is 22.1 Å². The van der Waals surface area contributed by atoms with E-state index in [0.29, 0.717) is 5.75 Å². The van der Waals surface area contributed by atoms with Gasteiger partial charge in [-0.05, 0) is 44.2 Å². The van der Waals surface area contributed by atoms with Crippen molar-refractivity contribution in [3.05, 3.63) is 47.5 Å². The van der Waals surface area contributed by atoms with E-state index >= 15 is 0 Å². The molecule has 0 spiro atoms. The number of carbonyl (C=O) groups excluding carboxylic acids is 2. The van der Waals surface area contributed by atoms with E-state index in [9.17, 15) is 18.0 Å². The lowest BCUT2D eigenvalue weighted by atomic mass is 10.1. The second-order valence-electron chi connectivity index (χ2n) is 5.74. The molecule has 0 radical (unpaired) electrons. The van der Waals surface area contributed by atoms with Gasteiger partial charge in [-0.25, -0.2) is 9.59 Å². The quantitative estimate of drug-likeness (QED) is 0.430. The first-order valence-corrected chi connectivity index (χ1v) is 10.3. The molecule has 10 heteroatoms. The van der Waals surface area contributed by atoms with E-state index in [1.165, 1.54) is 50.6 Å². The molecule has 30 heavy (non-hydrogen) atoms. The van der Waals surface area contributed by atoms with Crippen molar-refractivity contribution in [1.29, 1.82) is 0 Å². The highest BCUT2D eigenvalue weighted by Crippen LogP contribution is 2.31. The molecular formula is C20H22O9S. The molecule has 2 aromatic carbocycles. The number of ether oxygens (including phenoxy) is 4. The maximum atomic E-state index is 12.7. The van der Waals surface area contributed by atoms with Crippen molar-refractivity contribution < 1.29 is 41.1 Å². The minimum Gasteiger partial charge on any atom is -0.493 e. The fourth-order valence-corrected chi connectivity index (χ4v) is 3.39. The molecule has 0 aliphatic carbocycles. The van der Waals surface area contributed by atoms with Gasteiger partial charge in [-0.1, -0.05) is 0 Å². The Morgan fingerprint density at radius 3 is 1.80 bits per heavy atom. The maximum Gasteiger partial charge on any atom is 0.339 e. The molecule has 2 rings (SSSR count). The monoisotopic (exact) mass is 438 g/mol. The first-order chi connectivity index (χ1) is 14.2. The van der Waals surface area contributed by atoms with E-state index in [4.69, 9.17) is 23.1 Å². The summed E-state index contributed by atoms with van der Waals surface area (Å²) in [6.07, 6.45) is 0. The lowest BCUT2D eigenvalue weighted by molar-refractivity contribution is 0.0524. The number of methoxy groups -OCH3 is 2. The van der Waals surface area contributed by atoms with Gasteiger partial charge in [0, 0.05) is 6.07 Å². The molecule has 0 heterocycles. The van der Waals surface area contributed by atoms with Crippen molar-refractivity contribution >= 4 is 22.1 Å². The molecule has 0 unspecified atom stereocenters. The summed E-state index contributed by atoms with van der Waals surface area (Å²) < 4.78 is 50.7. The van der Waals surface area contributed by atoms with E-state index in [2.05, 4.69) is 0 Å². The van der Waals surface area contributed by atoms with Crippen LogP contribution in [0.15, 0.2) is 41.3 Å². The van der Waals surface area contributed by atoms with E-state index in [-0.39, 0.29) is 40.7 Å². The van der Waals surface area contributed by atoms with Gasteiger partial charge in [-0.15, -0.1) is 0 Å². The molecule has 0 amide bonds. The third-order valence-electron chi connectivity index (χ3n) is 3.78. The Balaban J connectivity index is 2.46. The molecule has 0 saturated heterocycles. The van der Waals surface area contributed by atoms with Crippen LogP contribution in [0.2, 0.25) is 0 Å². The topological polar surface area (TPSA) is 114 Å². The van der Waals surface area contributed by atoms with Gasteiger partial charge in [0.2, 0.25) is 0 Å². The lowest BCUT2D eigenvalue weighted by Gasteiger charge is -2.12. The van der Waals surface area contributed by atoms with Crippen molar-refractivity contribution in [2.75, 3.05) is 27.4 Å². The Labute approximate surface area is 174 Å². The van der Waals surface area contributed by atoms with E-state index in [0.717, 1.165) is 0 Å². The van der Waals surface area contributed by atoms with Gasteiger partial charge in [-0.2, -0.15) is 8.42 Å². The van der Waals surface area contributed by atoms with Crippen molar-refractivity contribution in [1.82, 2.24) is 0 Å². The summed E-state index contributed by atoms with van der Waals surface area (Å²) in [7, 11) is -1.54. The van der Waals surface area contributed by atoms with Gasteiger partial charge in [-0.3, -0.25) is 0 Å². The smallest absolute Gasteiger partial charge is 0.339 e. The molecule has 0 N–H and O–H groups in total. The van der Waals surface area contributed by atoms with Gasteiger partial charge in [0.1, 0.15) is 10.6 Å². The van der Waals surface area contributed by atoms with Crippen molar-refractivity contribution in [3.63, 3.8) is 0 Å². The summed E-state index contributed by atoms with van der Waals surface area (Å²) in [5, 5.41) is 0. The molecule has 0 atom stereocenters. The predicted molar refractivity (Wildman–Crippen MR) is 106 cm³/mol. The molecule has 0 aliphatic rings. The number of hydrogen-bond donors (Lipinski definition) is 0. The van der Waals surface area contributed by atoms with E-state index in [1.54, 1.807) is 13.8 Å². The molecule has 2 aromatic rings. The zero-order valence-corrected chi connectivity index (χ0v) is 17.8. The highest BCUT2D eigenvalue weighted by Gasteiger charge is 2.22. The van der Waals surface area contributed by atoms with Crippen molar-refractivity contribution in [2.45, 2.75) is 18.7 Å². The van der Waals surface area contributed by atoms with E-state index in [1.807, 2.05) is 0 Å². The van der Waals surface area contributed by atoms with Crippen LogP contribution >= 0.6 is 0 Å². The zero-order chi connectivity index (χ0) is 22.3. The number of hydrogen-bond acceptors (Lipinski definition) is 9. The SMILES string of the molecule is CCOC(=O)c1cc(OS(=O)(=O)c2ccc(OC)c(OC)c2)cc(C(=O)OCC)c1. The Morgan fingerprint density at radius 1 is 0.800 bits per heavy atom. The fourth-order valence-electron chi connectivity index (χ4n) is 2.46. The van der Waals surface area contributed by atoms with Crippen molar-refractivity contribution in [2.24, 2.45) is 0 Å². The summed E-state index contributed by atoms with van der Waals surface area (Å²) in [6, 6.07) is 7.49. The molecule has 0 fully saturated rings. The van der Waals surface area contributed by atoms with Crippen LogP contribution < -0.4 is 13.7 Å². The van der Waals surface area contributed by atoms with Crippen LogP contribution in [0.25, 0.3) is 0 Å². The first kappa shape index (κ1) is 23.0. The average molecular weight is 438 g/mol. The summed E-state index contributed by atoms with van der Waals surface area (Å²) >= 11 is 0. The minimum atomic E-state index is -4.32. The number of benzene rings is 2. The van der Waals surface area contributed by atoms with E-state index < -0.39 is 22.1 Å². The normalized spacial score (nSPS) is 10.8. The summed E-state index contributed by atoms with van der Waals surface area (Å²) in [4.78, 5) is 24.0. The maximum absolute atomic E-state index is 12.7. The Kier molecular flexibility index (Phi) is 7.65. The zero-order valence-electron chi connectivity index (χ0n) is 17.0. The highest BCUT2D eigenvalue weighted by molar-refractivity contribution is 7.87. The number of carbonyl (C=O) groups is 2. The summed E-state index contributed by atoms with van der Waals surface area (Å²) in [5.74, 6) is -1.20. The Bertz CT molecular complexity index is 992. The number of rotatable bonds is 9. The van der Waals surface area contributed by atoms with Crippen molar-refractivity contribution in [3.8, 4) is 17.2 Å². The highest BCUT2D eigenvalue weighted by atomic mass is 32.2. The van der Waals surface area contributed by atoms with Gasteiger partial charge in [0.25, 0.3) is 0 Å². The van der Waals surface area contributed by atoms with Gasteiger partial charge in [0.05, 0.1) is 38.6 Å². The fraction of sp³-hybridized carbons (Fsp3) is 0.300. The first-order valence-electron chi connectivity index (χ1n) is 8.91. The van der Waals surface area contributed by atoms with Crippen LogP contribution in [0, 0.1) is 0 Å². The molecule has 0 aromatic heterocycles. The Morgan fingerprint density at radius 2 is 1.33 bits per heavy atom. The lowest BCUT2D eigenvalue weighted by Crippen LogP contribution is -2.13. The number of esters is 2. The standard InChI is InChI=1S/C20H22O9S/c1-5-27-19(21)13-9-14(20(22)28-6-2)11-15(10-13)29-30(23,24)16-7-8-17(25-3)18(12-16)26-4/h7-12H,5-6H2,1-4H3. The summed E-state index contributed by atoms with van der Waals surface area (Å²) in [5.41, 5.74) is -0.111. The van der Waals surface area contributed by atoms with Crippen LogP contribution in [-0.2, 0) is 19.6 Å². The van der Waals surface area contributed by atoms with Crippen LogP contribution in [0.4, 0.5) is 0 Å². The second-order valence-corrected chi connectivity index (χ2v) is 7.29. The van der Waals surface area contributed by atoms with Crippen LogP contribution in [0.3, 0.4) is 0 Å². The van der Waals surface area contributed by atoms with Gasteiger partial charge < -0.3 is 23.1 Å². The average Bonchev–Trinajstić information content (AvgIpc) is 2.72. The third kappa shape index (κ3) is 5.41. The van der Waals surface area contributed by atoms with Crippen LogP contribution in [0.1, 0.15) is 34.6 Å². The Hall–Kier alpha value is -3.27. The molecular weight excluding hydrogens is 416 g/mol. The minimum absolute atomic E-state index is 0.0556. The molecule has 162 valence electrons. The van der Waals surface area contributed by atoms with Gasteiger partial charge in [0.15, 0.2) is 11.5 Å². The second kappa shape index (κ2) is 9.97. The molecule has 0 bridgehead atoms.